The molecule has 0 radical (unpaired) electrons. The maximum Gasteiger partial charge on any atom is 0.316 e. The molecule has 1 heterocycles. The Morgan fingerprint density at radius 3 is 3.00 bits per heavy atom. The second-order valence-corrected chi connectivity index (χ2v) is 5.89. The standard InChI is InChI=1S/C17H18BrFN2O2/c1-3-5-13(17(22)23-8-4-2)16-20-10-15(21-16)12-7-6-11(19)9-14(12)18/h3,6-7,9-10,13H,1,4-5,8H2,2H3,(H,20,21). The Hall–Kier alpha value is -1.95. The number of esters is 1. The molecule has 1 N–H and O–H groups in total. The molecule has 4 nitrogen and oxygen atoms in total. The van der Waals surface area contributed by atoms with Crippen LogP contribution < -0.4 is 0 Å². The molecule has 1 aromatic carbocycles. The number of H-pyrrole nitrogens is 1. The van der Waals surface area contributed by atoms with Gasteiger partial charge in [0.05, 0.1) is 12.3 Å². The molecule has 0 spiro atoms. The molecule has 1 unspecified atom stereocenters. The molecule has 122 valence electrons. The minimum absolute atomic E-state index is 0.328. The van der Waals surface area contributed by atoms with Crippen LogP contribution in [0.4, 0.5) is 4.39 Å². The molecule has 0 aliphatic heterocycles. The molecule has 0 aliphatic carbocycles. The summed E-state index contributed by atoms with van der Waals surface area (Å²) in [5.74, 6) is -0.667. The molecule has 0 amide bonds. The summed E-state index contributed by atoms with van der Waals surface area (Å²) < 4.78 is 19.0. The number of aromatic nitrogens is 2. The largest absolute Gasteiger partial charge is 0.465 e. The van der Waals surface area contributed by atoms with E-state index < -0.39 is 5.92 Å². The van der Waals surface area contributed by atoms with Gasteiger partial charge >= 0.3 is 5.97 Å². The lowest BCUT2D eigenvalue weighted by Crippen LogP contribution is -2.17. The van der Waals surface area contributed by atoms with Crippen LogP contribution in [-0.2, 0) is 9.53 Å². The Morgan fingerprint density at radius 2 is 2.35 bits per heavy atom. The van der Waals surface area contributed by atoms with Gasteiger partial charge in [-0.05, 0) is 47.0 Å². The summed E-state index contributed by atoms with van der Waals surface area (Å²) in [6.07, 6.45) is 4.54. The summed E-state index contributed by atoms with van der Waals surface area (Å²) in [5, 5.41) is 0. The molecule has 1 atom stereocenters. The topological polar surface area (TPSA) is 55.0 Å². The van der Waals surface area contributed by atoms with Gasteiger partial charge in [0, 0.05) is 16.2 Å². The minimum Gasteiger partial charge on any atom is -0.465 e. The average molecular weight is 381 g/mol. The number of hydrogen-bond donors (Lipinski definition) is 1. The van der Waals surface area contributed by atoms with Crippen molar-refractivity contribution in [1.29, 1.82) is 0 Å². The van der Waals surface area contributed by atoms with Crippen molar-refractivity contribution in [3.8, 4) is 11.3 Å². The third-order valence-electron chi connectivity index (χ3n) is 3.27. The summed E-state index contributed by atoms with van der Waals surface area (Å²) in [6, 6.07) is 4.38. The molecule has 6 heteroatoms. The number of nitrogens with one attached hydrogen (secondary N) is 1. The molecular formula is C17H18BrFN2O2. The lowest BCUT2D eigenvalue weighted by atomic mass is 10.1. The van der Waals surface area contributed by atoms with Crippen molar-refractivity contribution in [2.75, 3.05) is 6.61 Å². The number of carbonyl (C=O) groups excluding carboxylic acids is 1. The van der Waals surface area contributed by atoms with E-state index >= 15 is 0 Å². The number of ether oxygens (including phenoxy) is 1. The number of halogens is 2. The van der Waals surface area contributed by atoms with Crippen LogP contribution in [-0.4, -0.2) is 22.5 Å². The quantitative estimate of drug-likeness (QED) is 0.564. The highest BCUT2D eigenvalue weighted by Gasteiger charge is 2.24. The van der Waals surface area contributed by atoms with E-state index in [1.165, 1.54) is 12.1 Å². The normalized spacial score (nSPS) is 12.0. The molecule has 0 saturated carbocycles. The summed E-state index contributed by atoms with van der Waals surface area (Å²) >= 11 is 3.32. The highest BCUT2D eigenvalue weighted by molar-refractivity contribution is 9.10. The fourth-order valence-electron chi connectivity index (χ4n) is 2.14. The first-order valence-electron chi connectivity index (χ1n) is 7.35. The number of hydrogen-bond acceptors (Lipinski definition) is 3. The van der Waals surface area contributed by atoms with Crippen molar-refractivity contribution in [2.45, 2.75) is 25.7 Å². The van der Waals surface area contributed by atoms with Gasteiger partial charge in [-0.1, -0.05) is 13.0 Å². The van der Waals surface area contributed by atoms with Crippen LogP contribution in [0.2, 0.25) is 0 Å². The second-order valence-electron chi connectivity index (χ2n) is 5.04. The van der Waals surface area contributed by atoms with Gasteiger partial charge in [0.1, 0.15) is 17.6 Å². The first-order valence-corrected chi connectivity index (χ1v) is 8.14. The van der Waals surface area contributed by atoms with Crippen molar-refractivity contribution in [3.05, 3.63) is 53.2 Å². The summed E-state index contributed by atoms with van der Waals surface area (Å²) in [5.41, 5.74) is 1.37. The van der Waals surface area contributed by atoms with Gasteiger partial charge in [-0.25, -0.2) is 9.37 Å². The first-order chi connectivity index (χ1) is 11.1. The maximum absolute atomic E-state index is 13.2. The average Bonchev–Trinajstić information content (AvgIpc) is 2.99. The van der Waals surface area contributed by atoms with Crippen LogP contribution in [0.5, 0.6) is 0 Å². The summed E-state index contributed by atoms with van der Waals surface area (Å²) in [6.45, 7) is 5.99. The van der Waals surface area contributed by atoms with E-state index in [0.717, 1.165) is 12.0 Å². The number of carbonyl (C=O) groups is 1. The Labute approximate surface area is 142 Å². The number of imidazole rings is 1. The molecule has 0 fully saturated rings. The Kier molecular flexibility index (Phi) is 6.10. The fraction of sp³-hybridized carbons (Fsp3) is 0.294. The van der Waals surface area contributed by atoms with Crippen molar-refractivity contribution >= 4 is 21.9 Å². The Bertz CT molecular complexity index is 700. The lowest BCUT2D eigenvalue weighted by molar-refractivity contribution is -0.145. The van der Waals surface area contributed by atoms with Gasteiger partial charge < -0.3 is 9.72 Å². The molecule has 23 heavy (non-hydrogen) atoms. The molecule has 0 aliphatic rings. The van der Waals surface area contributed by atoms with Crippen molar-refractivity contribution in [1.82, 2.24) is 9.97 Å². The smallest absolute Gasteiger partial charge is 0.316 e. The third kappa shape index (κ3) is 4.28. The van der Waals surface area contributed by atoms with E-state index in [4.69, 9.17) is 4.74 Å². The summed E-state index contributed by atoms with van der Waals surface area (Å²) in [4.78, 5) is 19.6. The van der Waals surface area contributed by atoms with Crippen LogP contribution >= 0.6 is 15.9 Å². The third-order valence-corrected chi connectivity index (χ3v) is 3.93. The zero-order valence-electron chi connectivity index (χ0n) is 12.8. The fourth-order valence-corrected chi connectivity index (χ4v) is 2.69. The number of nitrogens with zero attached hydrogens (tertiary/aromatic N) is 1. The Morgan fingerprint density at radius 1 is 1.57 bits per heavy atom. The number of allylic oxidation sites excluding steroid dienone is 1. The SMILES string of the molecule is C=CCC(C(=O)OCCC)c1nc(-c2ccc(F)cc2Br)c[nH]1. The van der Waals surface area contributed by atoms with Crippen LogP contribution in [0.3, 0.4) is 0 Å². The number of benzene rings is 1. The predicted molar refractivity (Wildman–Crippen MR) is 90.5 cm³/mol. The zero-order chi connectivity index (χ0) is 16.8. The predicted octanol–water partition coefficient (Wildman–Crippen LogP) is 4.59. The van der Waals surface area contributed by atoms with E-state index in [2.05, 4.69) is 32.5 Å². The van der Waals surface area contributed by atoms with Crippen LogP contribution in [0, 0.1) is 5.82 Å². The number of rotatable bonds is 7. The van der Waals surface area contributed by atoms with Crippen molar-refractivity contribution < 1.29 is 13.9 Å². The van der Waals surface area contributed by atoms with Crippen LogP contribution in [0.25, 0.3) is 11.3 Å². The van der Waals surface area contributed by atoms with Crippen molar-refractivity contribution in [2.24, 2.45) is 0 Å². The highest BCUT2D eigenvalue weighted by atomic mass is 79.9. The molecule has 0 saturated heterocycles. The van der Waals surface area contributed by atoms with E-state index in [1.54, 1.807) is 18.3 Å². The molecule has 2 aromatic rings. The lowest BCUT2D eigenvalue weighted by Gasteiger charge is -2.11. The van der Waals surface area contributed by atoms with E-state index in [1.807, 2.05) is 6.92 Å². The van der Waals surface area contributed by atoms with E-state index in [9.17, 15) is 9.18 Å². The van der Waals surface area contributed by atoms with Crippen LogP contribution in [0.1, 0.15) is 31.5 Å². The molecule has 0 bridgehead atoms. The van der Waals surface area contributed by atoms with Gasteiger partial charge in [0.25, 0.3) is 0 Å². The number of aromatic amines is 1. The molecular weight excluding hydrogens is 363 g/mol. The monoisotopic (exact) mass is 380 g/mol. The van der Waals surface area contributed by atoms with Gasteiger partial charge in [-0.15, -0.1) is 6.58 Å². The van der Waals surface area contributed by atoms with Crippen LogP contribution in [0.15, 0.2) is 41.5 Å². The first kappa shape index (κ1) is 17.4. The van der Waals surface area contributed by atoms with Gasteiger partial charge in [-0.3, -0.25) is 4.79 Å². The summed E-state index contributed by atoms with van der Waals surface area (Å²) in [7, 11) is 0. The molecule has 1 aromatic heterocycles. The zero-order valence-corrected chi connectivity index (χ0v) is 14.4. The minimum atomic E-state index is -0.521. The van der Waals surface area contributed by atoms with E-state index in [-0.39, 0.29) is 11.8 Å². The van der Waals surface area contributed by atoms with Gasteiger partial charge in [0.15, 0.2) is 0 Å². The Balaban J connectivity index is 2.27. The van der Waals surface area contributed by atoms with E-state index in [0.29, 0.717) is 29.0 Å². The maximum atomic E-state index is 13.2. The van der Waals surface area contributed by atoms with Crippen molar-refractivity contribution in [3.63, 3.8) is 0 Å². The highest BCUT2D eigenvalue weighted by Crippen LogP contribution is 2.29. The van der Waals surface area contributed by atoms with Gasteiger partial charge in [-0.2, -0.15) is 0 Å². The second kappa shape index (κ2) is 8.06. The van der Waals surface area contributed by atoms with Gasteiger partial charge in [0.2, 0.25) is 0 Å². The molecule has 2 rings (SSSR count).